The highest BCUT2D eigenvalue weighted by Crippen LogP contribution is 2.23. The maximum atomic E-state index is 5.63. The van der Waals surface area contributed by atoms with Crippen molar-refractivity contribution in [3.63, 3.8) is 0 Å². The Morgan fingerprint density at radius 1 is 1.17 bits per heavy atom. The number of aryl methyl sites for hydroxylation is 1. The van der Waals surface area contributed by atoms with Crippen LogP contribution in [0.1, 0.15) is 17.5 Å². The molecule has 1 aromatic carbocycles. The second kappa shape index (κ2) is 4.64. The molecule has 1 aromatic heterocycles. The highest BCUT2D eigenvalue weighted by atomic mass is 15.1. The fourth-order valence-corrected chi connectivity index (χ4v) is 2.48. The van der Waals surface area contributed by atoms with Crippen LogP contribution in [0.25, 0.3) is 0 Å². The van der Waals surface area contributed by atoms with Crippen LogP contribution in [0.4, 0.5) is 11.6 Å². The smallest absolute Gasteiger partial charge is 0.147 e. The Labute approximate surface area is 106 Å². The molecule has 92 valence electrons. The fourth-order valence-electron chi connectivity index (χ4n) is 2.48. The summed E-state index contributed by atoms with van der Waals surface area (Å²) in [4.78, 5) is 8.27. The number of nitrogens with two attached hydrogens (primary N) is 1. The standard InChI is InChI=1S/C14H16N4/c15-13-8-16-9-14(18-13)17-12-6-5-10-3-1-2-4-11(10)7-12/h1-4,8-9,12H,5-7H2,(H3,15,17,18). The van der Waals surface area contributed by atoms with Gasteiger partial charge in [-0.15, -0.1) is 0 Å². The zero-order valence-corrected chi connectivity index (χ0v) is 10.1. The number of hydrogen-bond donors (Lipinski definition) is 2. The van der Waals surface area contributed by atoms with E-state index >= 15 is 0 Å². The molecule has 1 aliphatic carbocycles. The summed E-state index contributed by atoms with van der Waals surface area (Å²) in [5, 5.41) is 3.41. The van der Waals surface area contributed by atoms with E-state index in [2.05, 4.69) is 39.6 Å². The Bertz CT molecular complexity index is 553. The van der Waals surface area contributed by atoms with Crippen molar-refractivity contribution in [2.75, 3.05) is 11.1 Å². The van der Waals surface area contributed by atoms with Crippen LogP contribution in [0.15, 0.2) is 36.7 Å². The summed E-state index contributed by atoms with van der Waals surface area (Å²) in [7, 11) is 0. The highest BCUT2D eigenvalue weighted by Gasteiger charge is 2.18. The van der Waals surface area contributed by atoms with Crippen molar-refractivity contribution in [1.82, 2.24) is 9.97 Å². The van der Waals surface area contributed by atoms with Crippen LogP contribution >= 0.6 is 0 Å². The Kier molecular flexibility index (Phi) is 2.84. The second-order valence-corrected chi connectivity index (χ2v) is 4.68. The highest BCUT2D eigenvalue weighted by molar-refractivity contribution is 5.41. The molecular formula is C14H16N4. The third kappa shape index (κ3) is 2.27. The van der Waals surface area contributed by atoms with Gasteiger partial charge in [-0.3, -0.25) is 4.98 Å². The minimum atomic E-state index is 0.413. The van der Waals surface area contributed by atoms with E-state index in [4.69, 9.17) is 5.73 Å². The molecule has 1 atom stereocenters. The van der Waals surface area contributed by atoms with Gasteiger partial charge in [0.2, 0.25) is 0 Å². The largest absolute Gasteiger partial charge is 0.382 e. The van der Waals surface area contributed by atoms with Crippen LogP contribution in [-0.4, -0.2) is 16.0 Å². The van der Waals surface area contributed by atoms with Gasteiger partial charge in [0.25, 0.3) is 0 Å². The van der Waals surface area contributed by atoms with Crippen LogP contribution in [0.3, 0.4) is 0 Å². The normalized spacial score (nSPS) is 18.1. The molecule has 1 heterocycles. The number of rotatable bonds is 2. The van der Waals surface area contributed by atoms with Gasteiger partial charge in [0, 0.05) is 6.04 Å². The van der Waals surface area contributed by atoms with Crippen molar-refractivity contribution in [3.8, 4) is 0 Å². The minimum absolute atomic E-state index is 0.413. The Balaban J connectivity index is 1.73. The number of anilines is 2. The third-order valence-corrected chi connectivity index (χ3v) is 3.35. The minimum Gasteiger partial charge on any atom is -0.382 e. The maximum absolute atomic E-state index is 5.63. The lowest BCUT2D eigenvalue weighted by Crippen LogP contribution is -2.27. The molecule has 4 heteroatoms. The lowest BCUT2D eigenvalue weighted by Gasteiger charge is -2.25. The van der Waals surface area contributed by atoms with Gasteiger partial charge in [0.1, 0.15) is 11.6 Å². The van der Waals surface area contributed by atoms with Crippen LogP contribution < -0.4 is 11.1 Å². The van der Waals surface area contributed by atoms with E-state index in [0.29, 0.717) is 11.9 Å². The quantitative estimate of drug-likeness (QED) is 0.843. The van der Waals surface area contributed by atoms with Gasteiger partial charge in [0.15, 0.2) is 0 Å². The lowest BCUT2D eigenvalue weighted by molar-refractivity contribution is 0.608. The van der Waals surface area contributed by atoms with Crippen molar-refractivity contribution in [2.45, 2.75) is 25.3 Å². The molecule has 2 aromatic rings. The van der Waals surface area contributed by atoms with Crippen molar-refractivity contribution in [3.05, 3.63) is 47.8 Å². The van der Waals surface area contributed by atoms with Gasteiger partial charge >= 0.3 is 0 Å². The molecular weight excluding hydrogens is 224 g/mol. The maximum Gasteiger partial charge on any atom is 0.147 e. The topological polar surface area (TPSA) is 63.8 Å². The van der Waals surface area contributed by atoms with Crippen LogP contribution in [0.5, 0.6) is 0 Å². The van der Waals surface area contributed by atoms with E-state index in [0.717, 1.165) is 25.1 Å². The molecule has 0 aliphatic heterocycles. The van der Waals surface area contributed by atoms with Gasteiger partial charge in [-0.2, -0.15) is 0 Å². The number of fused-ring (bicyclic) bond motifs is 1. The average Bonchev–Trinajstić information content (AvgIpc) is 2.39. The summed E-state index contributed by atoms with van der Waals surface area (Å²) in [6.45, 7) is 0. The first kappa shape index (κ1) is 11.0. The molecule has 3 N–H and O–H groups in total. The number of nitrogens with one attached hydrogen (secondary N) is 1. The fraction of sp³-hybridized carbons (Fsp3) is 0.286. The summed E-state index contributed by atoms with van der Waals surface area (Å²) < 4.78 is 0. The van der Waals surface area contributed by atoms with E-state index in [-0.39, 0.29) is 0 Å². The van der Waals surface area contributed by atoms with Gasteiger partial charge in [-0.05, 0) is 30.4 Å². The Morgan fingerprint density at radius 2 is 2.00 bits per heavy atom. The van der Waals surface area contributed by atoms with Crippen molar-refractivity contribution < 1.29 is 0 Å². The predicted octanol–water partition coefficient (Wildman–Crippen LogP) is 2.03. The monoisotopic (exact) mass is 240 g/mol. The number of nitrogen functional groups attached to an aromatic ring is 1. The first-order chi connectivity index (χ1) is 8.81. The van der Waals surface area contributed by atoms with E-state index in [1.807, 2.05) is 0 Å². The average molecular weight is 240 g/mol. The van der Waals surface area contributed by atoms with E-state index in [1.165, 1.54) is 11.1 Å². The molecule has 0 saturated carbocycles. The summed E-state index contributed by atoms with van der Waals surface area (Å²) in [5.41, 5.74) is 8.52. The lowest BCUT2D eigenvalue weighted by atomic mass is 9.88. The first-order valence-electron chi connectivity index (χ1n) is 6.22. The van der Waals surface area contributed by atoms with Gasteiger partial charge < -0.3 is 11.1 Å². The molecule has 1 unspecified atom stereocenters. The SMILES string of the molecule is Nc1cncc(NC2CCc3ccccc3C2)n1. The van der Waals surface area contributed by atoms with Gasteiger partial charge in [-0.25, -0.2) is 4.98 Å². The molecule has 3 rings (SSSR count). The molecule has 0 bridgehead atoms. The zero-order chi connectivity index (χ0) is 12.4. The van der Waals surface area contributed by atoms with Crippen LogP contribution in [0.2, 0.25) is 0 Å². The molecule has 0 fully saturated rings. The van der Waals surface area contributed by atoms with Crippen LogP contribution in [-0.2, 0) is 12.8 Å². The van der Waals surface area contributed by atoms with Gasteiger partial charge in [-0.1, -0.05) is 24.3 Å². The number of hydrogen-bond acceptors (Lipinski definition) is 4. The van der Waals surface area contributed by atoms with E-state index < -0.39 is 0 Å². The summed E-state index contributed by atoms with van der Waals surface area (Å²) >= 11 is 0. The summed E-state index contributed by atoms with van der Waals surface area (Å²) in [5.74, 6) is 1.22. The van der Waals surface area contributed by atoms with Crippen molar-refractivity contribution in [2.24, 2.45) is 0 Å². The molecule has 0 amide bonds. The molecule has 4 nitrogen and oxygen atoms in total. The zero-order valence-electron chi connectivity index (χ0n) is 10.1. The van der Waals surface area contributed by atoms with Crippen molar-refractivity contribution in [1.29, 1.82) is 0 Å². The number of nitrogens with zero attached hydrogens (tertiary/aromatic N) is 2. The third-order valence-electron chi connectivity index (χ3n) is 3.35. The molecule has 0 saturated heterocycles. The summed E-state index contributed by atoms with van der Waals surface area (Å²) in [6.07, 6.45) is 6.54. The summed E-state index contributed by atoms with van der Waals surface area (Å²) in [6, 6.07) is 9.04. The molecule has 18 heavy (non-hydrogen) atoms. The molecule has 0 spiro atoms. The second-order valence-electron chi connectivity index (χ2n) is 4.68. The van der Waals surface area contributed by atoms with Crippen molar-refractivity contribution >= 4 is 11.6 Å². The van der Waals surface area contributed by atoms with Gasteiger partial charge in [0.05, 0.1) is 12.4 Å². The number of benzene rings is 1. The Morgan fingerprint density at radius 3 is 2.83 bits per heavy atom. The van der Waals surface area contributed by atoms with E-state index in [9.17, 15) is 0 Å². The molecule has 0 radical (unpaired) electrons. The first-order valence-corrected chi connectivity index (χ1v) is 6.22. The Hall–Kier alpha value is -2.10. The predicted molar refractivity (Wildman–Crippen MR) is 72.3 cm³/mol. The van der Waals surface area contributed by atoms with Crippen LogP contribution in [0, 0.1) is 0 Å². The molecule has 1 aliphatic rings. The number of aromatic nitrogens is 2. The van der Waals surface area contributed by atoms with E-state index in [1.54, 1.807) is 12.4 Å².